The van der Waals surface area contributed by atoms with Crippen LogP contribution < -0.4 is 4.74 Å². The number of benzene rings is 3. The normalized spacial score (nSPS) is 17.1. The molecule has 41 heavy (non-hydrogen) atoms. The molecule has 1 heterocycles. The highest BCUT2D eigenvalue weighted by Gasteiger charge is 2.33. The number of thiophene rings is 1. The van der Waals surface area contributed by atoms with Gasteiger partial charge in [-0.05, 0) is 98.3 Å². The second-order valence-corrected chi connectivity index (χ2v) is 12.3. The number of fused-ring (bicyclic) bond motifs is 1. The summed E-state index contributed by atoms with van der Waals surface area (Å²) in [5, 5.41) is 0.512. The second kappa shape index (κ2) is 12.3. The minimum atomic E-state index is -0.310. The number of Topliss-reactive ketones (excluding diaryl/α,β-unsaturated/α-hetero) is 1. The number of carbonyl (C=O) groups is 2. The minimum absolute atomic E-state index is 0.000714. The van der Waals surface area contributed by atoms with Crippen molar-refractivity contribution < 1.29 is 18.7 Å². The first-order valence-corrected chi connectivity index (χ1v) is 15.0. The van der Waals surface area contributed by atoms with Gasteiger partial charge in [0.15, 0.2) is 5.78 Å². The summed E-state index contributed by atoms with van der Waals surface area (Å²) in [6.07, 6.45) is 3.38. The number of methoxy groups -OCH3 is 1. The third kappa shape index (κ3) is 6.03. The summed E-state index contributed by atoms with van der Waals surface area (Å²) in [5.74, 6) is 0.278. The van der Waals surface area contributed by atoms with E-state index in [1.54, 1.807) is 30.6 Å². The summed E-state index contributed by atoms with van der Waals surface area (Å²) >= 11 is 7.63. The number of rotatable bonds is 8. The molecule has 0 radical (unpaired) electrons. The molecule has 5 rings (SSSR count). The van der Waals surface area contributed by atoms with Crippen LogP contribution in [0, 0.1) is 12.7 Å². The largest absolute Gasteiger partial charge is 0.496 e. The molecule has 0 unspecified atom stereocenters. The van der Waals surface area contributed by atoms with Crippen LogP contribution in [0.2, 0.25) is 0 Å². The highest BCUT2D eigenvalue weighted by atomic mass is 35.5. The molecular formula is C33H34ClFN2O3S. The molecule has 3 aromatic carbocycles. The highest BCUT2D eigenvalue weighted by Crippen LogP contribution is 2.37. The lowest BCUT2D eigenvalue weighted by Crippen LogP contribution is -2.44. The van der Waals surface area contributed by atoms with Crippen LogP contribution in [0.3, 0.4) is 0 Å². The first kappa shape index (κ1) is 29.2. The van der Waals surface area contributed by atoms with Gasteiger partial charge < -0.3 is 9.64 Å². The third-order valence-electron chi connectivity index (χ3n) is 8.19. The zero-order valence-corrected chi connectivity index (χ0v) is 25.3. The SMILES string of the molecule is COc1ccc(-c2cccc(C(C)=O)c2)cc1CN(C(=O)c1sc2cccc(F)c2c1C)[C@H]1CC[C@H](N(C)Cl)CC1. The number of carbonyl (C=O) groups excluding carboxylic acids is 2. The number of ketones is 1. The molecule has 0 N–H and O–H groups in total. The molecule has 214 valence electrons. The standard InChI is InChI=1S/C33H34ClFN2O3S/c1-20-31-28(35)9-6-10-30(31)41-32(20)33(39)37(27-14-12-26(13-15-27)36(3)34)19-25-18-24(11-16-29(25)40-4)23-8-5-7-22(17-23)21(2)38/h5-11,16-18,26-27H,12-15,19H2,1-4H3/t26-,27-. The quantitative estimate of drug-likeness (QED) is 0.153. The molecule has 0 bridgehead atoms. The lowest BCUT2D eigenvalue weighted by atomic mass is 9.89. The Labute approximate surface area is 249 Å². The maximum Gasteiger partial charge on any atom is 0.264 e. The van der Waals surface area contributed by atoms with Gasteiger partial charge in [-0.3, -0.25) is 9.59 Å². The Morgan fingerprint density at radius 3 is 2.34 bits per heavy atom. The first-order valence-electron chi connectivity index (χ1n) is 13.8. The summed E-state index contributed by atoms with van der Waals surface area (Å²) in [6, 6.07) is 18.7. The topological polar surface area (TPSA) is 49.9 Å². The lowest BCUT2D eigenvalue weighted by molar-refractivity contribution is 0.0588. The molecule has 0 atom stereocenters. The average molecular weight is 593 g/mol. The molecule has 1 fully saturated rings. The summed E-state index contributed by atoms with van der Waals surface area (Å²) in [7, 11) is 3.50. The molecule has 8 heteroatoms. The van der Waals surface area contributed by atoms with Gasteiger partial charge in [-0.2, -0.15) is 0 Å². The molecule has 1 amide bonds. The number of nitrogens with zero attached hydrogens (tertiary/aromatic N) is 2. The van der Waals surface area contributed by atoms with E-state index in [9.17, 15) is 14.0 Å². The molecule has 4 aromatic rings. The van der Waals surface area contributed by atoms with Crippen molar-refractivity contribution >= 4 is 44.9 Å². The number of halogens is 2. The van der Waals surface area contributed by atoms with Crippen molar-refractivity contribution in [2.75, 3.05) is 14.2 Å². The summed E-state index contributed by atoms with van der Waals surface area (Å²) in [4.78, 5) is 28.8. The molecule has 1 aliphatic rings. The maximum absolute atomic E-state index is 14.8. The molecular weight excluding hydrogens is 559 g/mol. The summed E-state index contributed by atoms with van der Waals surface area (Å²) in [6.45, 7) is 3.72. The van der Waals surface area contributed by atoms with Crippen LogP contribution in [0.5, 0.6) is 5.75 Å². The van der Waals surface area contributed by atoms with Crippen molar-refractivity contribution in [2.45, 2.75) is 58.2 Å². The zero-order chi connectivity index (χ0) is 29.3. The van der Waals surface area contributed by atoms with Crippen molar-refractivity contribution in [3.05, 3.63) is 88.0 Å². The van der Waals surface area contributed by atoms with Gasteiger partial charge in [-0.15, -0.1) is 11.3 Å². The van der Waals surface area contributed by atoms with Crippen LogP contribution >= 0.6 is 23.1 Å². The van der Waals surface area contributed by atoms with Crippen LogP contribution in [-0.4, -0.2) is 47.3 Å². The molecule has 0 aliphatic heterocycles. The monoisotopic (exact) mass is 592 g/mol. The van der Waals surface area contributed by atoms with Gasteiger partial charge in [-0.1, -0.05) is 30.3 Å². The summed E-state index contributed by atoms with van der Waals surface area (Å²) in [5.41, 5.74) is 4.04. The minimum Gasteiger partial charge on any atom is -0.496 e. The van der Waals surface area contributed by atoms with E-state index in [2.05, 4.69) is 0 Å². The Morgan fingerprint density at radius 2 is 1.68 bits per heavy atom. The van der Waals surface area contributed by atoms with Gasteiger partial charge in [0.2, 0.25) is 0 Å². The summed E-state index contributed by atoms with van der Waals surface area (Å²) < 4.78 is 23.0. The Hall–Kier alpha value is -3.26. The van der Waals surface area contributed by atoms with E-state index in [0.29, 0.717) is 33.7 Å². The fraction of sp³-hybridized carbons (Fsp3) is 0.333. The van der Waals surface area contributed by atoms with Crippen molar-refractivity contribution in [3.63, 3.8) is 0 Å². The number of aryl methyl sites for hydroxylation is 1. The number of hydrogen-bond donors (Lipinski definition) is 0. The smallest absolute Gasteiger partial charge is 0.264 e. The number of hydrogen-bond acceptors (Lipinski definition) is 5. The van der Waals surface area contributed by atoms with Crippen LogP contribution in [-0.2, 0) is 6.54 Å². The Morgan fingerprint density at radius 1 is 1.00 bits per heavy atom. The average Bonchev–Trinajstić information content (AvgIpc) is 3.32. The predicted octanol–water partition coefficient (Wildman–Crippen LogP) is 8.27. The van der Waals surface area contributed by atoms with Crippen molar-refractivity contribution in [1.29, 1.82) is 0 Å². The van der Waals surface area contributed by atoms with Crippen molar-refractivity contribution in [2.24, 2.45) is 0 Å². The Bertz CT molecular complexity index is 1590. The highest BCUT2D eigenvalue weighted by molar-refractivity contribution is 7.21. The van der Waals surface area contributed by atoms with E-state index in [1.165, 1.54) is 17.4 Å². The van der Waals surface area contributed by atoms with Crippen molar-refractivity contribution in [1.82, 2.24) is 9.32 Å². The van der Waals surface area contributed by atoms with Crippen LogP contribution in [0.4, 0.5) is 4.39 Å². The fourth-order valence-corrected chi connectivity index (χ4v) is 7.24. The number of ether oxygens (including phenoxy) is 1. The predicted molar refractivity (Wildman–Crippen MR) is 164 cm³/mol. The van der Waals surface area contributed by atoms with Crippen LogP contribution in [0.15, 0.2) is 60.7 Å². The lowest BCUT2D eigenvalue weighted by Gasteiger charge is -2.38. The molecule has 1 saturated carbocycles. The van der Waals surface area contributed by atoms with Gasteiger partial charge in [-0.25, -0.2) is 8.81 Å². The Kier molecular flexibility index (Phi) is 8.78. The van der Waals surface area contributed by atoms with Crippen LogP contribution in [0.1, 0.15) is 63.8 Å². The molecule has 0 spiro atoms. The first-order chi connectivity index (χ1) is 19.7. The van der Waals surface area contributed by atoms with Crippen LogP contribution in [0.25, 0.3) is 21.2 Å². The van der Waals surface area contributed by atoms with E-state index in [4.69, 9.17) is 16.5 Å². The Balaban J connectivity index is 1.54. The second-order valence-electron chi connectivity index (χ2n) is 10.8. The van der Waals surface area contributed by atoms with E-state index >= 15 is 0 Å². The van der Waals surface area contributed by atoms with Gasteiger partial charge in [0.1, 0.15) is 11.6 Å². The fourth-order valence-electron chi connectivity index (χ4n) is 5.86. The van der Waals surface area contributed by atoms with Crippen molar-refractivity contribution in [3.8, 4) is 16.9 Å². The third-order valence-corrected chi connectivity index (χ3v) is 9.71. The molecule has 1 aliphatic carbocycles. The van der Waals surface area contributed by atoms with E-state index in [0.717, 1.165) is 47.1 Å². The van der Waals surface area contributed by atoms with Gasteiger partial charge in [0.25, 0.3) is 5.91 Å². The van der Waals surface area contributed by atoms with E-state index < -0.39 is 0 Å². The zero-order valence-electron chi connectivity index (χ0n) is 23.7. The van der Waals surface area contributed by atoms with Gasteiger partial charge in [0.05, 0.1) is 12.0 Å². The molecule has 1 aromatic heterocycles. The van der Waals surface area contributed by atoms with Gasteiger partial charge >= 0.3 is 0 Å². The molecule has 0 saturated heterocycles. The number of amides is 1. The maximum atomic E-state index is 14.8. The van der Waals surface area contributed by atoms with E-state index in [1.807, 2.05) is 61.3 Å². The van der Waals surface area contributed by atoms with E-state index in [-0.39, 0.29) is 29.6 Å². The van der Waals surface area contributed by atoms with Gasteiger partial charge in [0, 0.05) is 46.9 Å². The molecule has 5 nitrogen and oxygen atoms in total.